The topological polar surface area (TPSA) is 111 Å². The summed E-state index contributed by atoms with van der Waals surface area (Å²) in [6, 6.07) is 11.9. The lowest BCUT2D eigenvalue weighted by Gasteiger charge is -1.98. The molecule has 0 bridgehead atoms. The van der Waals surface area contributed by atoms with E-state index in [0.717, 1.165) is 0 Å². The van der Waals surface area contributed by atoms with Gasteiger partial charge in [0.15, 0.2) is 0 Å². The maximum Gasteiger partial charge on any atom is 0.274 e. The summed E-state index contributed by atoms with van der Waals surface area (Å²) in [5, 5.41) is 29.2. The van der Waals surface area contributed by atoms with Crippen LogP contribution in [0.25, 0.3) is 0 Å². The summed E-state index contributed by atoms with van der Waals surface area (Å²) in [6.45, 7) is 0.0276. The molecule has 2 aromatic carbocycles. The van der Waals surface area contributed by atoms with Gasteiger partial charge in [-0.3, -0.25) is 20.2 Å². The number of nitro benzene ring substituents is 2. The molecule has 0 amide bonds. The first-order valence-corrected chi connectivity index (χ1v) is 5.92. The Kier molecular flexibility index (Phi) is 4.30. The van der Waals surface area contributed by atoms with Crippen molar-refractivity contribution >= 4 is 17.1 Å². The number of hydrogen-bond donors (Lipinski definition) is 0. The van der Waals surface area contributed by atoms with Crippen LogP contribution in [-0.4, -0.2) is 9.85 Å². The van der Waals surface area contributed by atoms with Crippen molar-refractivity contribution in [3.8, 4) is 0 Å². The maximum absolute atomic E-state index is 10.8. The fourth-order valence-electron chi connectivity index (χ4n) is 1.68. The number of azo groups is 1. The van der Waals surface area contributed by atoms with E-state index in [-0.39, 0.29) is 17.9 Å². The lowest BCUT2D eigenvalue weighted by Crippen LogP contribution is -1.93. The van der Waals surface area contributed by atoms with Crippen molar-refractivity contribution in [2.45, 2.75) is 6.54 Å². The number of para-hydroxylation sites is 1. The highest BCUT2D eigenvalue weighted by Crippen LogP contribution is 2.22. The Balaban J connectivity index is 2.15. The summed E-state index contributed by atoms with van der Waals surface area (Å²) in [5.74, 6) is 0. The second-order valence-corrected chi connectivity index (χ2v) is 4.06. The summed E-state index contributed by atoms with van der Waals surface area (Å²) in [6.07, 6.45) is 0. The first kappa shape index (κ1) is 14.3. The SMILES string of the molecule is O=[N+]([O-])c1cccc(N=NCc2ccccc2[N+](=O)[O-])c1. The Morgan fingerprint density at radius 3 is 2.43 bits per heavy atom. The summed E-state index contributed by atoms with van der Waals surface area (Å²) >= 11 is 0. The summed E-state index contributed by atoms with van der Waals surface area (Å²) < 4.78 is 0. The Hall–Kier alpha value is -3.16. The van der Waals surface area contributed by atoms with Crippen LogP contribution in [0.5, 0.6) is 0 Å². The zero-order valence-corrected chi connectivity index (χ0v) is 10.7. The van der Waals surface area contributed by atoms with Gasteiger partial charge >= 0.3 is 0 Å². The van der Waals surface area contributed by atoms with Gasteiger partial charge in [0.2, 0.25) is 0 Å². The highest BCUT2D eigenvalue weighted by Gasteiger charge is 2.11. The number of nitrogens with zero attached hydrogens (tertiary/aromatic N) is 4. The van der Waals surface area contributed by atoms with Gasteiger partial charge < -0.3 is 0 Å². The molecule has 8 heteroatoms. The Bertz CT molecular complexity index is 715. The van der Waals surface area contributed by atoms with Crippen LogP contribution in [0, 0.1) is 20.2 Å². The smallest absolute Gasteiger partial charge is 0.258 e. The van der Waals surface area contributed by atoms with E-state index in [4.69, 9.17) is 0 Å². The normalized spacial score (nSPS) is 10.7. The summed E-state index contributed by atoms with van der Waals surface area (Å²) in [5.41, 5.74) is 0.632. The molecule has 0 N–H and O–H groups in total. The van der Waals surface area contributed by atoms with Crippen LogP contribution in [-0.2, 0) is 6.54 Å². The standard InChI is InChI=1S/C13H10N4O4/c18-16(19)12-6-3-5-11(8-12)15-14-9-10-4-1-2-7-13(10)17(20)21/h1-8H,9H2. The van der Waals surface area contributed by atoms with Crippen molar-refractivity contribution in [2.75, 3.05) is 0 Å². The van der Waals surface area contributed by atoms with Gasteiger partial charge in [0.1, 0.15) is 0 Å². The van der Waals surface area contributed by atoms with Gasteiger partial charge in [-0.15, -0.1) is 0 Å². The average Bonchev–Trinajstić information content (AvgIpc) is 2.48. The molecule has 0 fully saturated rings. The summed E-state index contributed by atoms with van der Waals surface area (Å²) in [7, 11) is 0. The van der Waals surface area contributed by atoms with Crippen molar-refractivity contribution in [3.05, 3.63) is 74.3 Å². The molecule has 0 aliphatic rings. The minimum absolute atomic E-state index is 0.0276. The Morgan fingerprint density at radius 2 is 1.71 bits per heavy atom. The molecule has 0 aromatic heterocycles. The van der Waals surface area contributed by atoms with E-state index in [9.17, 15) is 20.2 Å². The van der Waals surface area contributed by atoms with E-state index in [1.807, 2.05) is 0 Å². The van der Waals surface area contributed by atoms with Crippen molar-refractivity contribution in [2.24, 2.45) is 10.2 Å². The number of benzene rings is 2. The largest absolute Gasteiger partial charge is 0.274 e. The Morgan fingerprint density at radius 1 is 0.952 bits per heavy atom. The molecule has 0 atom stereocenters. The lowest BCUT2D eigenvalue weighted by molar-refractivity contribution is -0.385. The summed E-state index contributed by atoms with van der Waals surface area (Å²) in [4.78, 5) is 20.4. The maximum atomic E-state index is 10.8. The zero-order chi connectivity index (χ0) is 15.2. The monoisotopic (exact) mass is 286 g/mol. The third-order valence-electron chi connectivity index (χ3n) is 2.66. The quantitative estimate of drug-likeness (QED) is 0.472. The first-order chi connectivity index (χ1) is 10.1. The van der Waals surface area contributed by atoms with Gasteiger partial charge in [-0.25, -0.2) is 0 Å². The van der Waals surface area contributed by atoms with Crippen molar-refractivity contribution < 1.29 is 9.85 Å². The average molecular weight is 286 g/mol. The van der Waals surface area contributed by atoms with Gasteiger partial charge in [0.25, 0.3) is 11.4 Å². The van der Waals surface area contributed by atoms with Gasteiger partial charge in [-0.1, -0.05) is 24.3 Å². The molecule has 0 aliphatic carbocycles. The molecule has 0 heterocycles. The van der Waals surface area contributed by atoms with Crippen molar-refractivity contribution in [1.29, 1.82) is 0 Å². The molecule has 2 aromatic rings. The molecule has 0 unspecified atom stereocenters. The minimum Gasteiger partial charge on any atom is -0.258 e. The molecule has 0 spiro atoms. The van der Waals surface area contributed by atoms with E-state index in [0.29, 0.717) is 11.3 Å². The number of non-ortho nitro benzene ring substituents is 1. The predicted octanol–water partition coefficient (Wildman–Crippen LogP) is 3.79. The molecule has 0 saturated heterocycles. The van der Waals surface area contributed by atoms with Crippen molar-refractivity contribution in [1.82, 2.24) is 0 Å². The van der Waals surface area contributed by atoms with Gasteiger partial charge in [0.05, 0.1) is 27.6 Å². The highest BCUT2D eigenvalue weighted by molar-refractivity contribution is 5.46. The molecule has 2 rings (SSSR count). The zero-order valence-electron chi connectivity index (χ0n) is 10.7. The van der Waals surface area contributed by atoms with Gasteiger partial charge in [0, 0.05) is 18.2 Å². The molecule has 21 heavy (non-hydrogen) atoms. The third-order valence-corrected chi connectivity index (χ3v) is 2.66. The van der Waals surface area contributed by atoms with Gasteiger partial charge in [-0.2, -0.15) is 10.2 Å². The van der Waals surface area contributed by atoms with E-state index in [1.54, 1.807) is 24.3 Å². The molecule has 0 radical (unpaired) electrons. The van der Waals surface area contributed by atoms with Crippen LogP contribution in [0.3, 0.4) is 0 Å². The minimum atomic E-state index is -0.527. The number of rotatable bonds is 5. The highest BCUT2D eigenvalue weighted by atomic mass is 16.6. The third kappa shape index (κ3) is 3.66. The second kappa shape index (κ2) is 6.33. The number of nitro groups is 2. The fraction of sp³-hybridized carbons (Fsp3) is 0.0769. The molecule has 0 saturated carbocycles. The molecule has 106 valence electrons. The van der Waals surface area contributed by atoms with Crippen LogP contribution < -0.4 is 0 Å². The van der Waals surface area contributed by atoms with Crippen LogP contribution in [0.4, 0.5) is 17.1 Å². The molecule has 0 aliphatic heterocycles. The molecule has 8 nitrogen and oxygen atoms in total. The lowest BCUT2D eigenvalue weighted by atomic mass is 10.2. The van der Waals surface area contributed by atoms with Crippen LogP contribution >= 0.6 is 0 Å². The number of hydrogen-bond acceptors (Lipinski definition) is 6. The fourth-order valence-corrected chi connectivity index (χ4v) is 1.68. The Labute approximate surface area is 119 Å². The predicted molar refractivity (Wildman–Crippen MR) is 74.4 cm³/mol. The van der Waals surface area contributed by atoms with Crippen molar-refractivity contribution in [3.63, 3.8) is 0 Å². The van der Waals surface area contributed by atoms with Crippen LogP contribution in [0.1, 0.15) is 5.56 Å². The van der Waals surface area contributed by atoms with E-state index in [2.05, 4.69) is 10.2 Å². The molecular formula is C13H10N4O4. The van der Waals surface area contributed by atoms with E-state index < -0.39 is 9.85 Å². The van der Waals surface area contributed by atoms with E-state index >= 15 is 0 Å². The van der Waals surface area contributed by atoms with E-state index in [1.165, 1.54) is 24.3 Å². The van der Waals surface area contributed by atoms with Crippen LogP contribution in [0.2, 0.25) is 0 Å². The molecular weight excluding hydrogens is 276 g/mol. The van der Waals surface area contributed by atoms with Gasteiger partial charge in [-0.05, 0) is 6.07 Å². The van der Waals surface area contributed by atoms with Crippen LogP contribution in [0.15, 0.2) is 58.8 Å². The first-order valence-electron chi connectivity index (χ1n) is 5.92. The second-order valence-electron chi connectivity index (χ2n) is 4.06.